The standard InChI is InChI=1S/C13H26OSi/c1-5-7-9-13(14)10-8-12-15(3,4)11-6-2/h5-6,13-14H,1-2,7-12H2,3-4H3. The van der Waals surface area contributed by atoms with E-state index in [-0.39, 0.29) is 6.10 Å². The first-order chi connectivity index (χ1) is 7.02. The van der Waals surface area contributed by atoms with Crippen LogP contribution < -0.4 is 0 Å². The van der Waals surface area contributed by atoms with Crippen LogP contribution >= 0.6 is 0 Å². The van der Waals surface area contributed by atoms with Crippen LogP contribution in [0.25, 0.3) is 0 Å². The molecule has 0 amide bonds. The molecule has 0 aliphatic rings. The van der Waals surface area contributed by atoms with E-state index in [2.05, 4.69) is 26.3 Å². The fourth-order valence-electron chi connectivity index (χ4n) is 1.76. The molecule has 0 saturated heterocycles. The van der Waals surface area contributed by atoms with Gasteiger partial charge in [-0.2, -0.15) is 0 Å². The van der Waals surface area contributed by atoms with Gasteiger partial charge in [0.15, 0.2) is 0 Å². The molecule has 0 aromatic heterocycles. The largest absolute Gasteiger partial charge is 0.393 e. The maximum Gasteiger partial charge on any atom is 0.0543 e. The summed E-state index contributed by atoms with van der Waals surface area (Å²) in [5.41, 5.74) is 0. The lowest BCUT2D eigenvalue weighted by molar-refractivity contribution is 0.154. The number of rotatable bonds is 9. The molecule has 0 aromatic carbocycles. The van der Waals surface area contributed by atoms with Gasteiger partial charge in [0.1, 0.15) is 0 Å². The zero-order valence-electron chi connectivity index (χ0n) is 10.3. The summed E-state index contributed by atoms with van der Waals surface area (Å²) in [4.78, 5) is 0. The molecular weight excluding hydrogens is 200 g/mol. The van der Waals surface area contributed by atoms with Crippen molar-refractivity contribution in [3.05, 3.63) is 25.3 Å². The van der Waals surface area contributed by atoms with Crippen LogP contribution in [0.4, 0.5) is 0 Å². The molecule has 15 heavy (non-hydrogen) atoms. The lowest BCUT2D eigenvalue weighted by Gasteiger charge is -2.20. The summed E-state index contributed by atoms with van der Waals surface area (Å²) in [5.74, 6) is 0. The summed E-state index contributed by atoms with van der Waals surface area (Å²) < 4.78 is 0. The molecule has 0 saturated carbocycles. The lowest BCUT2D eigenvalue weighted by atomic mass is 10.1. The first-order valence-corrected chi connectivity index (χ1v) is 9.33. The molecule has 0 radical (unpaired) electrons. The second-order valence-corrected chi connectivity index (χ2v) is 10.3. The second-order valence-electron chi connectivity index (χ2n) is 5.07. The normalized spacial score (nSPS) is 13.5. The summed E-state index contributed by atoms with van der Waals surface area (Å²) in [6.07, 6.45) is 7.69. The Balaban J connectivity index is 3.59. The Labute approximate surface area is 95.9 Å². The number of allylic oxidation sites excluding steroid dienone is 2. The Morgan fingerprint density at radius 1 is 1.20 bits per heavy atom. The molecule has 1 atom stereocenters. The quantitative estimate of drug-likeness (QED) is 0.465. The van der Waals surface area contributed by atoms with Gasteiger partial charge in [0.05, 0.1) is 14.2 Å². The zero-order chi connectivity index (χ0) is 11.7. The molecule has 1 unspecified atom stereocenters. The van der Waals surface area contributed by atoms with E-state index < -0.39 is 8.07 Å². The fourth-order valence-corrected chi connectivity index (χ4v) is 3.91. The number of hydrogen-bond donors (Lipinski definition) is 1. The zero-order valence-corrected chi connectivity index (χ0v) is 11.3. The molecular formula is C13H26OSi. The maximum atomic E-state index is 9.65. The molecule has 0 aliphatic carbocycles. The lowest BCUT2D eigenvalue weighted by Crippen LogP contribution is -2.24. The third-order valence-electron chi connectivity index (χ3n) is 2.79. The van der Waals surface area contributed by atoms with Gasteiger partial charge in [0, 0.05) is 0 Å². The van der Waals surface area contributed by atoms with Crippen LogP contribution in [0.2, 0.25) is 25.2 Å². The van der Waals surface area contributed by atoms with Crippen molar-refractivity contribution >= 4 is 8.07 Å². The van der Waals surface area contributed by atoms with Gasteiger partial charge in [0.2, 0.25) is 0 Å². The molecule has 0 bridgehead atoms. The van der Waals surface area contributed by atoms with Gasteiger partial charge in [0.25, 0.3) is 0 Å². The Bertz CT molecular complexity index is 187. The number of aliphatic hydroxyl groups is 1. The Kier molecular flexibility index (Phi) is 7.70. The molecule has 2 heteroatoms. The SMILES string of the molecule is C=CCCC(O)CCC[Si](C)(C)CC=C. The van der Waals surface area contributed by atoms with E-state index in [0.29, 0.717) is 0 Å². The summed E-state index contributed by atoms with van der Waals surface area (Å²) in [5, 5.41) is 9.65. The van der Waals surface area contributed by atoms with E-state index in [4.69, 9.17) is 0 Å². The molecule has 1 N–H and O–H groups in total. The first kappa shape index (κ1) is 14.7. The Morgan fingerprint density at radius 3 is 2.40 bits per heavy atom. The van der Waals surface area contributed by atoms with Crippen molar-refractivity contribution in [1.29, 1.82) is 0 Å². The van der Waals surface area contributed by atoms with Crippen molar-refractivity contribution in [3.63, 3.8) is 0 Å². The topological polar surface area (TPSA) is 20.2 Å². The van der Waals surface area contributed by atoms with Crippen molar-refractivity contribution in [2.45, 2.75) is 57.0 Å². The minimum atomic E-state index is -1.05. The molecule has 0 fully saturated rings. The highest BCUT2D eigenvalue weighted by molar-refractivity contribution is 6.77. The third-order valence-corrected chi connectivity index (χ3v) is 5.89. The predicted octanol–water partition coefficient (Wildman–Crippen LogP) is 3.99. The van der Waals surface area contributed by atoms with Crippen LogP contribution in [0.3, 0.4) is 0 Å². The average Bonchev–Trinajstić information content (AvgIpc) is 2.14. The summed E-state index contributed by atoms with van der Waals surface area (Å²) >= 11 is 0. The van der Waals surface area contributed by atoms with Crippen LogP contribution in [0.5, 0.6) is 0 Å². The molecule has 0 heterocycles. The van der Waals surface area contributed by atoms with E-state index in [1.54, 1.807) is 0 Å². The van der Waals surface area contributed by atoms with Gasteiger partial charge in [-0.1, -0.05) is 37.7 Å². The van der Waals surface area contributed by atoms with Crippen molar-refractivity contribution in [2.75, 3.05) is 0 Å². The molecule has 0 aliphatic heterocycles. The van der Waals surface area contributed by atoms with Gasteiger partial charge >= 0.3 is 0 Å². The highest BCUT2D eigenvalue weighted by Crippen LogP contribution is 2.20. The second kappa shape index (κ2) is 7.89. The van der Waals surface area contributed by atoms with E-state index >= 15 is 0 Å². The Hall–Kier alpha value is -0.343. The molecule has 88 valence electrons. The van der Waals surface area contributed by atoms with E-state index in [1.165, 1.54) is 12.1 Å². The van der Waals surface area contributed by atoms with Gasteiger partial charge in [-0.25, -0.2) is 0 Å². The van der Waals surface area contributed by atoms with Gasteiger partial charge in [-0.3, -0.25) is 0 Å². The highest BCUT2D eigenvalue weighted by Gasteiger charge is 2.18. The van der Waals surface area contributed by atoms with Gasteiger partial charge < -0.3 is 5.11 Å². The fraction of sp³-hybridized carbons (Fsp3) is 0.692. The molecule has 1 nitrogen and oxygen atoms in total. The van der Waals surface area contributed by atoms with E-state index in [1.807, 2.05) is 12.2 Å². The third kappa shape index (κ3) is 8.64. The van der Waals surface area contributed by atoms with Gasteiger partial charge in [-0.15, -0.1) is 13.2 Å². The van der Waals surface area contributed by atoms with Crippen LogP contribution in [-0.2, 0) is 0 Å². The minimum absolute atomic E-state index is 0.128. The van der Waals surface area contributed by atoms with Crippen LogP contribution in [0, 0.1) is 0 Å². The number of hydrogen-bond acceptors (Lipinski definition) is 1. The first-order valence-electron chi connectivity index (χ1n) is 5.91. The van der Waals surface area contributed by atoms with Crippen LogP contribution in [0.15, 0.2) is 25.3 Å². The summed E-state index contributed by atoms with van der Waals surface area (Å²) in [6, 6.07) is 2.49. The highest BCUT2D eigenvalue weighted by atomic mass is 28.3. The molecule has 0 spiro atoms. The summed E-state index contributed by atoms with van der Waals surface area (Å²) in [6.45, 7) is 12.3. The van der Waals surface area contributed by atoms with Crippen LogP contribution in [-0.4, -0.2) is 19.3 Å². The monoisotopic (exact) mass is 226 g/mol. The predicted molar refractivity (Wildman–Crippen MR) is 72.0 cm³/mol. The molecule has 0 aromatic rings. The minimum Gasteiger partial charge on any atom is -0.393 e. The van der Waals surface area contributed by atoms with Crippen molar-refractivity contribution in [2.24, 2.45) is 0 Å². The number of aliphatic hydroxyl groups excluding tert-OH is 1. The average molecular weight is 226 g/mol. The van der Waals surface area contributed by atoms with Crippen molar-refractivity contribution < 1.29 is 5.11 Å². The smallest absolute Gasteiger partial charge is 0.0543 e. The van der Waals surface area contributed by atoms with Crippen molar-refractivity contribution in [3.8, 4) is 0 Å². The Morgan fingerprint density at radius 2 is 1.87 bits per heavy atom. The van der Waals surface area contributed by atoms with E-state index in [0.717, 1.165) is 25.7 Å². The van der Waals surface area contributed by atoms with Gasteiger partial charge in [-0.05, 0) is 25.3 Å². The summed E-state index contributed by atoms with van der Waals surface area (Å²) in [7, 11) is -1.05. The van der Waals surface area contributed by atoms with E-state index in [9.17, 15) is 5.11 Å². The van der Waals surface area contributed by atoms with Crippen molar-refractivity contribution in [1.82, 2.24) is 0 Å². The maximum absolute atomic E-state index is 9.65. The molecule has 0 rings (SSSR count). The van der Waals surface area contributed by atoms with Crippen LogP contribution in [0.1, 0.15) is 25.7 Å².